The van der Waals surface area contributed by atoms with Crippen molar-refractivity contribution >= 4 is 0 Å². The summed E-state index contributed by atoms with van der Waals surface area (Å²) in [5, 5.41) is 4.35. The third-order valence-electron chi connectivity index (χ3n) is 3.84. The predicted octanol–water partition coefficient (Wildman–Crippen LogP) is 3.06. The minimum Gasteiger partial charge on any atom is -0.380 e. The second-order valence-corrected chi connectivity index (χ2v) is 5.60. The second-order valence-electron chi connectivity index (χ2n) is 5.60. The lowest BCUT2D eigenvalue weighted by Crippen LogP contribution is -2.41. The van der Waals surface area contributed by atoms with Crippen LogP contribution in [0.25, 0.3) is 0 Å². The van der Waals surface area contributed by atoms with Crippen molar-refractivity contribution in [2.75, 3.05) is 45.9 Å². The molecule has 1 saturated heterocycles. The average molecular weight is 269 g/mol. The van der Waals surface area contributed by atoms with Gasteiger partial charge in [-0.15, -0.1) is 0 Å². The van der Waals surface area contributed by atoms with Gasteiger partial charge in [0.25, 0.3) is 0 Å². The fourth-order valence-corrected chi connectivity index (χ4v) is 2.51. The average Bonchev–Trinajstić information content (AvgIpc) is 2.46. The molecule has 0 aromatic heterocycles. The molecule has 3 heteroatoms. The molecule has 0 unspecified atom stereocenters. The molecule has 0 aromatic rings. The smallest absolute Gasteiger partial charge is 0.0593 e. The second kappa shape index (κ2) is 12.9. The van der Waals surface area contributed by atoms with E-state index < -0.39 is 0 Å². The SMILES string of the molecule is CCCCCCCCCCOCCN1CC[N]CC1. The molecule has 0 aromatic carbocycles. The van der Waals surface area contributed by atoms with Crippen molar-refractivity contribution < 1.29 is 4.74 Å². The van der Waals surface area contributed by atoms with Gasteiger partial charge in [0.1, 0.15) is 0 Å². The molecule has 19 heavy (non-hydrogen) atoms. The van der Waals surface area contributed by atoms with E-state index in [1.165, 1.54) is 51.4 Å². The monoisotopic (exact) mass is 269 g/mol. The summed E-state index contributed by atoms with van der Waals surface area (Å²) in [4.78, 5) is 2.46. The Morgan fingerprint density at radius 1 is 0.842 bits per heavy atom. The number of unbranched alkanes of at least 4 members (excludes halogenated alkanes) is 7. The molecule has 1 rings (SSSR count). The van der Waals surface area contributed by atoms with Gasteiger partial charge in [0.05, 0.1) is 6.61 Å². The highest BCUT2D eigenvalue weighted by Gasteiger charge is 2.08. The standard InChI is InChI=1S/C16H33N2O/c1-2-3-4-5-6-7-8-9-15-19-16-14-18-12-10-17-11-13-18/h2-16H2,1H3. The van der Waals surface area contributed by atoms with Crippen LogP contribution in [0, 0.1) is 0 Å². The maximum atomic E-state index is 5.71. The zero-order valence-corrected chi connectivity index (χ0v) is 12.9. The number of hydrogen-bond donors (Lipinski definition) is 0. The van der Waals surface area contributed by atoms with Gasteiger partial charge in [-0.3, -0.25) is 4.90 Å². The quantitative estimate of drug-likeness (QED) is 0.509. The van der Waals surface area contributed by atoms with Gasteiger partial charge < -0.3 is 4.74 Å². The van der Waals surface area contributed by atoms with E-state index in [4.69, 9.17) is 4.74 Å². The van der Waals surface area contributed by atoms with E-state index in [2.05, 4.69) is 17.1 Å². The van der Waals surface area contributed by atoms with E-state index in [9.17, 15) is 0 Å². The van der Waals surface area contributed by atoms with Crippen molar-refractivity contribution in [1.29, 1.82) is 0 Å². The van der Waals surface area contributed by atoms with Crippen LogP contribution in [0.4, 0.5) is 0 Å². The Balaban J connectivity index is 1.71. The summed E-state index contributed by atoms with van der Waals surface area (Å²) in [5.74, 6) is 0. The topological polar surface area (TPSA) is 26.6 Å². The molecule has 0 spiro atoms. The Kier molecular flexibility index (Phi) is 11.5. The van der Waals surface area contributed by atoms with Crippen LogP contribution >= 0.6 is 0 Å². The predicted molar refractivity (Wildman–Crippen MR) is 81.7 cm³/mol. The summed E-state index contributed by atoms with van der Waals surface area (Å²) in [6.07, 6.45) is 11.0. The number of hydrogen-bond acceptors (Lipinski definition) is 2. The van der Waals surface area contributed by atoms with Crippen LogP contribution in [0.2, 0.25) is 0 Å². The van der Waals surface area contributed by atoms with Gasteiger partial charge in [0.15, 0.2) is 0 Å². The zero-order chi connectivity index (χ0) is 13.6. The lowest BCUT2D eigenvalue weighted by molar-refractivity contribution is 0.0959. The summed E-state index contributed by atoms with van der Waals surface area (Å²) < 4.78 is 5.71. The number of ether oxygens (including phenoxy) is 1. The molecule has 1 fully saturated rings. The highest BCUT2D eigenvalue weighted by Crippen LogP contribution is 2.08. The first kappa shape index (κ1) is 16.9. The van der Waals surface area contributed by atoms with Gasteiger partial charge in [-0.25, -0.2) is 5.32 Å². The molecule has 1 aliphatic heterocycles. The fraction of sp³-hybridized carbons (Fsp3) is 1.00. The van der Waals surface area contributed by atoms with Crippen molar-refractivity contribution in [3.8, 4) is 0 Å². The van der Waals surface area contributed by atoms with Gasteiger partial charge in [-0.05, 0) is 6.42 Å². The minimum absolute atomic E-state index is 0.899. The summed E-state index contributed by atoms with van der Waals surface area (Å²) in [6, 6.07) is 0. The molecule has 0 bridgehead atoms. The molecule has 113 valence electrons. The number of piperazine rings is 1. The first-order chi connectivity index (χ1) is 9.43. The summed E-state index contributed by atoms with van der Waals surface area (Å²) in [7, 11) is 0. The van der Waals surface area contributed by atoms with E-state index in [0.29, 0.717) is 0 Å². The van der Waals surface area contributed by atoms with Gasteiger partial charge >= 0.3 is 0 Å². The van der Waals surface area contributed by atoms with Gasteiger partial charge in [-0.2, -0.15) is 0 Å². The molecule has 1 aliphatic rings. The van der Waals surface area contributed by atoms with E-state index in [1.807, 2.05) is 0 Å². The molecule has 0 aliphatic carbocycles. The Hall–Kier alpha value is -0.120. The van der Waals surface area contributed by atoms with Crippen molar-refractivity contribution in [2.45, 2.75) is 58.3 Å². The molecule has 1 radical (unpaired) electrons. The fourth-order valence-electron chi connectivity index (χ4n) is 2.51. The number of rotatable bonds is 12. The zero-order valence-electron chi connectivity index (χ0n) is 12.9. The van der Waals surface area contributed by atoms with Crippen LogP contribution in [0.5, 0.6) is 0 Å². The molecule has 1 heterocycles. The Morgan fingerprint density at radius 2 is 1.47 bits per heavy atom. The third-order valence-corrected chi connectivity index (χ3v) is 3.84. The van der Waals surface area contributed by atoms with E-state index in [1.54, 1.807) is 0 Å². The highest BCUT2D eigenvalue weighted by molar-refractivity contribution is 4.66. The molecule has 0 amide bonds. The first-order valence-electron chi connectivity index (χ1n) is 8.37. The third kappa shape index (κ3) is 10.3. The molecule has 0 saturated carbocycles. The Morgan fingerprint density at radius 3 is 2.16 bits per heavy atom. The maximum absolute atomic E-state index is 5.71. The van der Waals surface area contributed by atoms with Crippen LogP contribution < -0.4 is 5.32 Å². The Labute approximate surface area is 120 Å². The molecule has 3 nitrogen and oxygen atoms in total. The van der Waals surface area contributed by atoms with Crippen LogP contribution in [-0.2, 0) is 4.74 Å². The van der Waals surface area contributed by atoms with Crippen molar-refractivity contribution in [3.63, 3.8) is 0 Å². The summed E-state index contributed by atoms with van der Waals surface area (Å²) in [6.45, 7) is 9.49. The van der Waals surface area contributed by atoms with E-state index in [0.717, 1.165) is 45.9 Å². The van der Waals surface area contributed by atoms with Gasteiger partial charge in [0, 0.05) is 39.3 Å². The summed E-state index contributed by atoms with van der Waals surface area (Å²) in [5.41, 5.74) is 0. The van der Waals surface area contributed by atoms with E-state index >= 15 is 0 Å². The molecular formula is C16H33N2O. The van der Waals surface area contributed by atoms with Crippen molar-refractivity contribution in [2.24, 2.45) is 0 Å². The van der Waals surface area contributed by atoms with Crippen molar-refractivity contribution in [3.05, 3.63) is 0 Å². The minimum atomic E-state index is 0.899. The first-order valence-corrected chi connectivity index (χ1v) is 8.37. The van der Waals surface area contributed by atoms with Gasteiger partial charge in [-0.1, -0.05) is 51.9 Å². The number of nitrogens with zero attached hydrogens (tertiary/aromatic N) is 2. The normalized spacial score (nSPS) is 16.9. The maximum Gasteiger partial charge on any atom is 0.0593 e. The van der Waals surface area contributed by atoms with Crippen LogP contribution in [0.15, 0.2) is 0 Å². The summed E-state index contributed by atoms with van der Waals surface area (Å²) >= 11 is 0. The lowest BCUT2D eigenvalue weighted by Gasteiger charge is -2.25. The molecular weight excluding hydrogens is 236 g/mol. The molecule has 0 N–H and O–H groups in total. The Bertz CT molecular complexity index is 182. The van der Waals surface area contributed by atoms with Crippen LogP contribution in [-0.4, -0.2) is 50.8 Å². The van der Waals surface area contributed by atoms with Crippen molar-refractivity contribution in [1.82, 2.24) is 10.2 Å². The lowest BCUT2D eigenvalue weighted by atomic mass is 10.1. The van der Waals surface area contributed by atoms with Crippen LogP contribution in [0.1, 0.15) is 58.3 Å². The highest BCUT2D eigenvalue weighted by atomic mass is 16.5. The van der Waals surface area contributed by atoms with E-state index in [-0.39, 0.29) is 0 Å². The van der Waals surface area contributed by atoms with Crippen LogP contribution in [0.3, 0.4) is 0 Å². The largest absolute Gasteiger partial charge is 0.380 e. The van der Waals surface area contributed by atoms with Gasteiger partial charge in [0.2, 0.25) is 0 Å². The molecule has 0 atom stereocenters.